The van der Waals surface area contributed by atoms with Gasteiger partial charge in [-0.25, -0.2) is 0 Å². The summed E-state index contributed by atoms with van der Waals surface area (Å²) < 4.78 is 0. The molecule has 0 amide bonds. The molecular weight excluding hydrogens is 182 g/mol. The molecule has 1 atom stereocenters. The van der Waals surface area contributed by atoms with Crippen molar-refractivity contribution in [3.05, 3.63) is 0 Å². The van der Waals surface area contributed by atoms with Gasteiger partial charge in [0.05, 0.1) is 0 Å². The summed E-state index contributed by atoms with van der Waals surface area (Å²) in [6.07, 6.45) is 4.64. The Kier molecular flexibility index (Phi) is 8.75. The lowest BCUT2D eigenvalue weighted by Gasteiger charge is -2.11. The van der Waals surface area contributed by atoms with Crippen LogP contribution in [0.5, 0.6) is 0 Å². The molecule has 0 saturated carbocycles. The molecule has 0 aliphatic rings. The zero-order chi connectivity index (χ0) is 10.1. The van der Waals surface area contributed by atoms with E-state index in [1.165, 1.54) is 19.3 Å². The van der Waals surface area contributed by atoms with Gasteiger partial charge in [-0.15, -0.1) is 0 Å². The van der Waals surface area contributed by atoms with Crippen LogP contribution in [0.1, 0.15) is 39.5 Å². The molecule has 0 heterocycles. The molecular formula is C9H23NO2Si. The second-order valence-electron chi connectivity index (χ2n) is 3.64. The summed E-state index contributed by atoms with van der Waals surface area (Å²) in [5.41, 5.74) is 0.110. The van der Waals surface area contributed by atoms with E-state index >= 15 is 0 Å². The van der Waals surface area contributed by atoms with Crippen LogP contribution in [0.15, 0.2) is 0 Å². The van der Waals surface area contributed by atoms with Crippen molar-refractivity contribution in [1.29, 1.82) is 0 Å². The summed E-state index contributed by atoms with van der Waals surface area (Å²) in [5.74, 6) is 0. The highest BCUT2D eigenvalue weighted by molar-refractivity contribution is 6.42. The third-order valence-corrected chi connectivity index (χ3v) is 3.59. The monoisotopic (exact) mass is 205 g/mol. The largest absolute Gasteiger partial charge is 0.413 e. The maximum atomic E-state index is 8.93. The summed E-state index contributed by atoms with van der Waals surface area (Å²) in [6, 6.07) is 0. The average Bonchev–Trinajstić information content (AvgIpc) is 2.10. The molecule has 0 radical (unpaired) electrons. The topological polar surface area (TPSA) is 52.5 Å². The fourth-order valence-electron chi connectivity index (χ4n) is 1.10. The van der Waals surface area contributed by atoms with Crippen LogP contribution in [-0.4, -0.2) is 32.0 Å². The molecule has 3 nitrogen and oxygen atoms in total. The Labute approximate surface area is 83.0 Å². The van der Waals surface area contributed by atoms with Crippen molar-refractivity contribution in [1.82, 2.24) is 5.32 Å². The molecule has 0 aliphatic heterocycles. The quantitative estimate of drug-likeness (QED) is 0.405. The molecule has 13 heavy (non-hydrogen) atoms. The van der Waals surface area contributed by atoms with E-state index in [1.807, 2.05) is 6.92 Å². The summed E-state index contributed by atoms with van der Waals surface area (Å²) >= 11 is 0. The highest BCUT2D eigenvalue weighted by Gasteiger charge is 2.12. The molecule has 0 aromatic heterocycles. The molecule has 0 spiro atoms. The average molecular weight is 205 g/mol. The van der Waals surface area contributed by atoms with E-state index in [2.05, 4.69) is 12.2 Å². The van der Waals surface area contributed by atoms with Crippen LogP contribution in [0.25, 0.3) is 0 Å². The fraction of sp³-hybridized carbons (Fsp3) is 1.00. The Morgan fingerprint density at radius 2 is 1.92 bits per heavy atom. The van der Waals surface area contributed by atoms with Crippen LogP contribution in [-0.2, 0) is 0 Å². The van der Waals surface area contributed by atoms with Gasteiger partial charge in [0.2, 0.25) is 0 Å². The zero-order valence-electron chi connectivity index (χ0n) is 8.79. The number of rotatable bonds is 8. The van der Waals surface area contributed by atoms with Gasteiger partial charge in [-0.3, -0.25) is 0 Å². The molecule has 4 heteroatoms. The smallest absolute Gasteiger partial charge is 0.318 e. The maximum Gasteiger partial charge on any atom is 0.318 e. The van der Waals surface area contributed by atoms with Gasteiger partial charge >= 0.3 is 9.28 Å². The second-order valence-corrected chi connectivity index (χ2v) is 5.60. The van der Waals surface area contributed by atoms with Crippen LogP contribution in [0.4, 0.5) is 0 Å². The molecule has 0 aromatic rings. The fourth-order valence-corrected chi connectivity index (χ4v) is 1.57. The minimum atomic E-state index is -2.37. The Balaban J connectivity index is 3.07. The molecule has 0 aliphatic carbocycles. The third kappa shape index (κ3) is 8.43. The number of hydrogen-bond donors (Lipinski definition) is 3. The molecule has 0 saturated heterocycles. The van der Waals surface area contributed by atoms with E-state index in [0.717, 1.165) is 19.5 Å². The standard InChI is InChI=1S/C9H23NO2Si/c1-3-4-5-7-10-8-6-9(2)13(11)12/h9-13H,3-8H2,1-2H3. The molecule has 0 aromatic carbocycles. The summed E-state index contributed by atoms with van der Waals surface area (Å²) in [6.45, 7) is 6.07. The highest BCUT2D eigenvalue weighted by atomic mass is 28.3. The Morgan fingerprint density at radius 3 is 2.46 bits per heavy atom. The Hall–Kier alpha value is 0.0969. The van der Waals surface area contributed by atoms with Crippen molar-refractivity contribution >= 4 is 9.28 Å². The third-order valence-electron chi connectivity index (χ3n) is 2.24. The molecule has 3 N–H and O–H groups in total. The first kappa shape index (κ1) is 13.1. The number of hydrogen-bond acceptors (Lipinski definition) is 3. The molecule has 80 valence electrons. The first-order valence-corrected chi connectivity index (χ1v) is 6.95. The second kappa shape index (κ2) is 8.68. The van der Waals surface area contributed by atoms with Crippen molar-refractivity contribution in [2.75, 3.05) is 13.1 Å². The van der Waals surface area contributed by atoms with Crippen molar-refractivity contribution < 1.29 is 9.59 Å². The SMILES string of the molecule is CCCCCNCCC(C)[SiH](O)O. The minimum absolute atomic E-state index is 0.110. The lowest BCUT2D eigenvalue weighted by Crippen LogP contribution is -2.23. The summed E-state index contributed by atoms with van der Waals surface area (Å²) in [7, 11) is -2.37. The van der Waals surface area contributed by atoms with Gasteiger partial charge in [0.25, 0.3) is 0 Å². The van der Waals surface area contributed by atoms with Crippen LogP contribution in [0.3, 0.4) is 0 Å². The van der Waals surface area contributed by atoms with E-state index < -0.39 is 9.28 Å². The maximum absolute atomic E-state index is 8.93. The molecule has 0 fully saturated rings. The van der Waals surface area contributed by atoms with Crippen molar-refractivity contribution in [2.24, 2.45) is 0 Å². The first-order chi connectivity index (χ1) is 6.18. The lowest BCUT2D eigenvalue weighted by atomic mass is 10.2. The Morgan fingerprint density at radius 1 is 1.23 bits per heavy atom. The van der Waals surface area contributed by atoms with Gasteiger partial charge in [0.1, 0.15) is 0 Å². The zero-order valence-corrected chi connectivity index (χ0v) is 9.95. The molecule has 1 unspecified atom stereocenters. The van der Waals surface area contributed by atoms with E-state index in [4.69, 9.17) is 9.59 Å². The van der Waals surface area contributed by atoms with Crippen molar-refractivity contribution in [2.45, 2.75) is 45.1 Å². The molecule has 0 bridgehead atoms. The van der Waals surface area contributed by atoms with Crippen LogP contribution in [0, 0.1) is 0 Å². The van der Waals surface area contributed by atoms with Gasteiger partial charge in [-0.2, -0.15) is 0 Å². The predicted molar refractivity (Wildman–Crippen MR) is 58.0 cm³/mol. The first-order valence-electron chi connectivity index (χ1n) is 5.25. The molecule has 0 rings (SSSR count). The van der Waals surface area contributed by atoms with Gasteiger partial charge in [-0.05, 0) is 31.5 Å². The van der Waals surface area contributed by atoms with E-state index in [0.29, 0.717) is 0 Å². The van der Waals surface area contributed by atoms with Gasteiger partial charge < -0.3 is 14.9 Å². The van der Waals surface area contributed by atoms with E-state index in [-0.39, 0.29) is 5.54 Å². The predicted octanol–water partition coefficient (Wildman–Crippen LogP) is 0.751. The Bertz CT molecular complexity index is 112. The van der Waals surface area contributed by atoms with E-state index in [1.54, 1.807) is 0 Å². The van der Waals surface area contributed by atoms with Crippen LogP contribution < -0.4 is 5.32 Å². The lowest BCUT2D eigenvalue weighted by molar-refractivity contribution is 0.382. The summed E-state index contributed by atoms with van der Waals surface area (Å²) in [4.78, 5) is 17.9. The highest BCUT2D eigenvalue weighted by Crippen LogP contribution is 2.08. The summed E-state index contributed by atoms with van der Waals surface area (Å²) in [5, 5.41) is 3.31. The van der Waals surface area contributed by atoms with E-state index in [9.17, 15) is 0 Å². The van der Waals surface area contributed by atoms with Gasteiger partial charge in [-0.1, -0.05) is 26.7 Å². The van der Waals surface area contributed by atoms with Crippen LogP contribution >= 0.6 is 0 Å². The minimum Gasteiger partial charge on any atom is -0.413 e. The van der Waals surface area contributed by atoms with Crippen LogP contribution in [0.2, 0.25) is 5.54 Å². The van der Waals surface area contributed by atoms with Gasteiger partial charge in [0, 0.05) is 0 Å². The van der Waals surface area contributed by atoms with Crippen molar-refractivity contribution in [3.63, 3.8) is 0 Å². The van der Waals surface area contributed by atoms with Gasteiger partial charge in [0.15, 0.2) is 0 Å². The number of nitrogens with one attached hydrogen (secondary N) is 1. The van der Waals surface area contributed by atoms with Crippen molar-refractivity contribution in [3.8, 4) is 0 Å². The number of unbranched alkanes of at least 4 members (excludes halogenated alkanes) is 2. The normalized spacial score (nSPS) is 13.6.